The third-order valence-corrected chi connectivity index (χ3v) is 4.76. The number of hydrogen-bond donors (Lipinski definition) is 0. The minimum absolute atomic E-state index is 0.467. The quantitative estimate of drug-likeness (QED) is 0.648. The van der Waals surface area contributed by atoms with Gasteiger partial charge in [-0.25, -0.2) is 0 Å². The SMILES string of the molecule is CN1Cc2cc(-c3ccccc3)ccc2C(c2ccccc2)C1. The van der Waals surface area contributed by atoms with E-state index in [0.29, 0.717) is 5.92 Å². The molecule has 1 atom stereocenters. The van der Waals surface area contributed by atoms with Crippen LogP contribution in [0.5, 0.6) is 0 Å². The molecule has 1 heterocycles. The fraction of sp³-hybridized carbons (Fsp3) is 0.182. The minimum Gasteiger partial charge on any atom is -0.301 e. The van der Waals surface area contributed by atoms with E-state index >= 15 is 0 Å². The molecular formula is C22H21N. The Hall–Kier alpha value is -2.38. The van der Waals surface area contributed by atoms with Gasteiger partial charge in [0.1, 0.15) is 0 Å². The van der Waals surface area contributed by atoms with Gasteiger partial charge in [0.05, 0.1) is 0 Å². The Kier molecular flexibility index (Phi) is 3.72. The van der Waals surface area contributed by atoms with Crippen molar-refractivity contribution < 1.29 is 0 Å². The van der Waals surface area contributed by atoms with E-state index in [4.69, 9.17) is 0 Å². The Morgan fingerprint density at radius 3 is 2.22 bits per heavy atom. The van der Waals surface area contributed by atoms with Gasteiger partial charge in [-0.3, -0.25) is 0 Å². The summed E-state index contributed by atoms with van der Waals surface area (Å²) in [6.07, 6.45) is 0. The van der Waals surface area contributed by atoms with Crippen LogP contribution in [0.15, 0.2) is 78.9 Å². The maximum Gasteiger partial charge on any atom is 0.0234 e. The second kappa shape index (κ2) is 6.02. The number of hydrogen-bond acceptors (Lipinski definition) is 1. The van der Waals surface area contributed by atoms with Crippen molar-refractivity contribution in [1.29, 1.82) is 0 Å². The molecule has 114 valence electrons. The van der Waals surface area contributed by atoms with Crippen LogP contribution in [0, 0.1) is 0 Å². The standard InChI is InChI=1S/C22H21N/c1-23-15-20-14-19(17-8-4-2-5-9-17)12-13-21(20)22(16-23)18-10-6-3-7-11-18/h2-14,22H,15-16H2,1H3. The van der Waals surface area contributed by atoms with E-state index in [9.17, 15) is 0 Å². The molecule has 0 spiro atoms. The van der Waals surface area contributed by atoms with Crippen LogP contribution in [0.4, 0.5) is 0 Å². The number of nitrogens with zero attached hydrogens (tertiary/aromatic N) is 1. The van der Waals surface area contributed by atoms with Crippen molar-refractivity contribution in [2.45, 2.75) is 12.5 Å². The smallest absolute Gasteiger partial charge is 0.0234 e. The van der Waals surface area contributed by atoms with Crippen LogP contribution in [0.1, 0.15) is 22.6 Å². The Balaban J connectivity index is 1.77. The lowest BCUT2D eigenvalue weighted by Crippen LogP contribution is -2.30. The second-order valence-electron chi connectivity index (χ2n) is 6.44. The third kappa shape index (κ3) is 2.80. The summed E-state index contributed by atoms with van der Waals surface area (Å²) in [7, 11) is 2.22. The molecule has 1 unspecified atom stereocenters. The topological polar surface area (TPSA) is 3.24 Å². The van der Waals surface area contributed by atoms with Crippen molar-refractivity contribution in [3.63, 3.8) is 0 Å². The number of rotatable bonds is 2. The summed E-state index contributed by atoms with van der Waals surface area (Å²) in [6, 6.07) is 28.5. The summed E-state index contributed by atoms with van der Waals surface area (Å²) in [5.74, 6) is 0.467. The monoisotopic (exact) mass is 299 g/mol. The molecule has 3 aromatic rings. The first-order valence-corrected chi connectivity index (χ1v) is 8.23. The number of fused-ring (bicyclic) bond motifs is 1. The molecule has 0 bridgehead atoms. The zero-order valence-corrected chi connectivity index (χ0v) is 13.4. The molecule has 4 rings (SSSR count). The maximum atomic E-state index is 2.43. The van der Waals surface area contributed by atoms with Gasteiger partial charge in [-0.05, 0) is 40.9 Å². The van der Waals surface area contributed by atoms with Crippen molar-refractivity contribution in [3.05, 3.63) is 95.6 Å². The van der Waals surface area contributed by atoms with Crippen molar-refractivity contribution >= 4 is 0 Å². The normalized spacial score (nSPS) is 17.7. The minimum atomic E-state index is 0.467. The molecule has 3 aromatic carbocycles. The highest BCUT2D eigenvalue weighted by Crippen LogP contribution is 2.35. The molecule has 1 aliphatic rings. The van der Waals surface area contributed by atoms with E-state index < -0.39 is 0 Å². The van der Waals surface area contributed by atoms with Crippen molar-refractivity contribution in [3.8, 4) is 11.1 Å². The Bertz CT molecular complexity index is 793. The highest BCUT2D eigenvalue weighted by molar-refractivity contribution is 5.65. The van der Waals surface area contributed by atoms with Crippen molar-refractivity contribution in [1.82, 2.24) is 4.90 Å². The summed E-state index contributed by atoms with van der Waals surface area (Å²) < 4.78 is 0. The highest BCUT2D eigenvalue weighted by Gasteiger charge is 2.24. The number of likely N-dealkylation sites (N-methyl/N-ethyl adjacent to an activating group) is 1. The van der Waals surface area contributed by atoms with Crippen LogP contribution in [0.25, 0.3) is 11.1 Å². The molecule has 1 aliphatic heterocycles. The van der Waals surface area contributed by atoms with Crippen molar-refractivity contribution in [2.24, 2.45) is 0 Å². The average molecular weight is 299 g/mol. The first-order chi connectivity index (χ1) is 11.3. The third-order valence-electron chi connectivity index (χ3n) is 4.76. The van der Waals surface area contributed by atoms with Gasteiger partial charge >= 0.3 is 0 Å². The molecule has 0 amide bonds. The largest absolute Gasteiger partial charge is 0.301 e. The molecule has 1 heteroatoms. The molecule has 0 fully saturated rings. The first-order valence-electron chi connectivity index (χ1n) is 8.23. The van der Waals surface area contributed by atoms with Gasteiger partial charge in [0.15, 0.2) is 0 Å². The lowest BCUT2D eigenvalue weighted by molar-refractivity contribution is 0.295. The highest BCUT2D eigenvalue weighted by atomic mass is 15.1. The van der Waals surface area contributed by atoms with Crippen LogP contribution >= 0.6 is 0 Å². The molecule has 0 aliphatic carbocycles. The summed E-state index contributed by atoms with van der Waals surface area (Å²) in [4.78, 5) is 2.43. The Morgan fingerprint density at radius 1 is 0.783 bits per heavy atom. The Labute approximate surface area is 138 Å². The average Bonchev–Trinajstić information content (AvgIpc) is 2.62. The van der Waals surface area contributed by atoms with E-state index in [1.54, 1.807) is 0 Å². The van der Waals surface area contributed by atoms with E-state index in [2.05, 4.69) is 90.8 Å². The van der Waals surface area contributed by atoms with Crippen LogP contribution in [-0.2, 0) is 6.54 Å². The summed E-state index contributed by atoms with van der Waals surface area (Å²) in [6.45, 7) is 2.11. The van der Waals surface area contributed by atoms with Crippen LogP contribution in [0.2, 0.25) is 0 Å². The molecule has 23 heavy (non-hydrogen) atoms. The molecule has 0 saturated heterocycles. The summed E-state index contributed by atoms with van der Waals surface area (Å²) >= 11 is 0. The lowest BCUT2D eigenvalue weighted by atomic mass is 9.83. The molecule has 0 saturated carbocycles. The van der Waals surface area contributed by atoms with Gasteiger partial charge < -0.3 is 4.90 Å². The fourth-order valence-electron chi connectivity index (χ4n) is 3.63. The lowest BCUT2D eigenvalue weighted by Gasteiger charge is -2.33. The molecule has 0 N–H and O–H groups in total. The van der Waals surface area contributed by atoms with Gasteiger partial charge in [0, 0.05) is 19.0 Å². The van der Waals surface area contributed by atoms with Gasteiger partial charge in [-0.1, -0.05) is 72.8 Å². The second-order valence-corrected chi connectivity index (χ2v) is 6.44. The van der Waals surface area contributed by atoms with Crippen LogP contribution in [0.3, 0.4) is 0 Å². The zero-order chi connectivity index (χ0) is 15.6. The molecule has 1 nitrogen and oxygen atoms in total. The van der Waals surface area contributed by atoms with E-state index in [1.165, 1.54) is 27.8 Å². The van der Waals surface area contributed by atoms with Gasteiger partial charge in [-0.2, -0.15) is 0 Å². The van der Waals surface area contributed by atoms with E-state index in [-0.39, 0.29) is 0 Å². The first kappa shape index (κ1) is 14.2. The molecule has 0 radical (unpaired) electrons. The van der Waals surface area contributed by atoms with E-state index in [0.717, 1.165) is 13.1 Å². The molecule has 0 aromatic heterocycles. The predicted molar refractivity (Wildman–Crippen MR) is 96.5 cm³/mol. The van der Waals surface area contributed by atoms with E-state index in [1.807, 2.05) is 0 Å². The maximum absolute atomic E-state index is 2.43. The Morgan fingerprint density at radius 2 is 1.48 bits per heavy atom. The number of benzene rings is 3. The fourth-order valence-corrected chi connectivity index (χ4v) is 3.63. The molecular weight excluding hydrogens is 278 g/mol. The zero-order valence-electron chi connectivity index (χ0n) is 13.4. The van der Waals surface area contributed by atoms with Crippen LogP contribution in [-0.4, -0.2) is 18.5 Å². The summed E-state index contributed by atoms with van der Waals surface area (Å²) in [5.41, 5.74) is 6.95. The van der Waals surface area contributed by atoms with Gasteiger partial charge in [0.25, 0.3) is 0 Å². The van der Waals surface area contributed by atoms with Gasteiger partial charge in [0.2, 0.25) is 0 Å². The predicted octanol–water partition coefficient (Wildman–Crippen LogP) is 4.93. The summed E-state index contributed by atoms with van der Waals surface area (Å²) in [5, 5.41) is 0. The van der Waals surface area contributed by atoms with Crippen molar-refractivity contribution in [2.75, 3.05) is 13.6 Å². The van der Waals surface area contributed by atoms with Crippen LogP contribution < -0.4 is 0 Å². The van der Waals surface area contributed by atoms with Gasteiger partial charge in [-0.15, -0.1) is 0 Å².